The number of methoxy groups -OCH3 is 1. The van der Waals surface area contributed by atoms with Crippen LogP contribution in [0.3, 0.4) is 0 Å². The summed E-state index contributed by atoms with van der Waals surface area (Å²) in [5.74, 6) is -0.0447. The van der Waals surface area contributed by atoms with Crippen molar-refractivity contribution in [3.05, 3.63) is 59.7 Å². The number of hydrogen-bond acceptors (Lipinski definition) is 4. The highest BCUT2D eigenvalue weighted by Crippen LogP contribution is 2.16. The zero-order valence-electron chi connectivity index (χ0n) is 15.6. The Hall–Kier alpha value is -3.35. The maximum absolute atomic E-state index is 12.5. The minimum atomic E-state index is -0.304. The van der Waals surface area contributed by atoms with Crippen molar-refractivity contribution >= 4 is 23.4 Å². The molecule has 0 atom stereocenters. The smallest absolute Gasteiger partial charge is 0.254 e. The lowest BCUT2D eigenvalue weighted by Gasteiger charge is -2.17. The van der Waals surface area contributed by atoms with E-state index in [1.165, 1.54) is 11.8 Å². The fourth-order valence-corrected chi connectivity index (χ4v) is 2.40. The van der Waals surface area contributed by atoms with Gasteiger partial charge in [-0.05, 0) is 29.8 Å². The molecule has 27 heavy (non-hydrogen) atoms. The molecule has 2 N–H and O–H groups in total. The quantitative estimate of drug-likeness (QED) is 0.782. The fraction of sp³-hybridized carbons (Fsp3) is 0.250. The maximum Gasteiger partial charge on any atom is 0.254 e. The molecule has 3 amide bonds. The Bertz CT molecular complexity index is 818. The first-order valence-electron chi connectivity index (χ1n) is 8.42. The van der Waals surface area contributed by atoms with Crippen LogP contribution in [0.5, 0.6) is 5.75 Å². The summed E-state index contributed by atoms with van der Waals surface area (Å²) in [5.41, 5.74) is 1.96. The lowest BCUT2D eigenvalue weighted by Crippen LogP contribution is -2.34. The van der Waals surface area contributed by atoms with Crippen LogP contribution in [-0.4, -0.2) is 43.3 Å². The second-order valence-electron chi connectivity index (χ2n) is 6.05. The fourth-order valence-electron chi connectivity index (χ4n) is 2.40. The highest BCUT2D eigenvalue weighted by molar-refractivity contribution is 5.99. The van der Waals surface area contributed by atoms with E-state index in [0.717, 1.165) is 5.56 Å². The second-order valence-corrected chi connectivity index (χ2v) is 6.05. The lowest BCUT2D eigenvalue weighted by atomic mass is 10.1. The molecular formula is C20H23N3O4. The van der Waals surface area contributed by atoms with Crippen molar-refractivity contribution < 1.29 is 19.1 Å². The average molecular weight is 369 g/mol. The highest BCUT2D eigenvalue weighted by atomic mass is 16.5. The van der Waals surface area contributed by atoms with Crippen LogP contribution in [0.2, 0.25) is 0 Å². The molecular weight excluding hydrogens is 346 g/mol. The van der Waals surface area contributed by atoms with Crippen molar-refractivity contribution in [2.45, 2.75) is 13.5 Å². The van der Waals surface area contributed by atoms with Gasteiger partial charge in [0.1, 0.15) is 5.75 Å². The van der Waals surface area contributed by atoms with Gasteiger partial charge in [-0.3, -0.25) is 14.4 Å². The van der Waals surface area contributed by atoms with Gasteiger partial charge < -0.3 is 20.3 Å². The highest BCUT2D eigenvalue weighted by Gasteiger charge is 2.15. The molecule has 0 bridgehead atoms. The van der Waals surface area contributed by atoms with Gasteiger partial charge in [0.2, 0.25) is 11.8 Å². The van der Waals surface area contributed by atoms with E-state index in [1.54, 1.807) is 62.7 Å². The summed E-state index contributed by atoms with van der Waals surface area (Å²) in [6, 6.07) is 13.9. The molecule has 0 saturated heterocycles. The lowest BCUT2D eigenvalue weighted by molar-refractivity contribution is -0.119. The number of benzene rings is 2. The van der Waals surface area contributed by atoms with Gasteiger partial charge in [0.15, 0.2) is 0 Å². The molecule has 7 nitrogen and oxygen atoms in total. The van der Waals surface area contributed by atoms with Crippen LogP contribution in [0, 0.1) is 0 Å². The number of hydrogen-bond donors (Lipinski definition) is 2. The van der Waals surface area contributed by atoms with Crippen LogP contribution in [0.1, 0.15) is 22.8 Å². The van der Waals surface area contributed by atoms with Crippen molar-refractivity contribution in [2.24, 2.45) is 0 Å². The molecule has 2 aromatic carbocycles. The van der Waals surface area contributed by atoms with Crippen LogP contribution in [0.25, 0.3) is 0 Å². The molecule has 0 aliphatic heterocycles. The number of carbonyl (C=O) groups is 3. The third kappa shape index (κ3) is 6.14. The second kappa shape index (κ2) is 9.38. The van der Waals surface area contributed by atoms with E-state index in [9.17, 15) is 14.4 Å². The Kier molecular flexibility index (Phi) is 6.93. The van der Waals surface area contributed by atoms with Crippen molar-refractivity contribution in [2.75, 3.05) is 26.0 Å². The summed E-state index contributed by atoms with van der Waals surface area (Å²) < 4.78 is 5.11. The van der Waals surface area contributed by atoms with E-state index >= 15 is 0 Å². The Morgan fingerprint density at radius 3 is 2.41 bits per heavy atom. The predicted molar refractivity (Wildman–Crippen MR) is 103 cm³/mol. The molecule has 0 aromatic heterocycles. The molecule has 0 heterocycles. The largest absolute Gasteiger partial charge is 0.497 e. The molecule has 0 aliphatic carbocycles. The van der Waals surface area contributed by atoms with Crippen LogP contribution in [0.4, 0.5) is 5.69 Å². The Balaban J connectivity index is 1.92. The Morgan fingerprint density at radius 2 is 1.78 bits per heavy atom. The maximum atomic E-state index is 12.5. The number of nitrogens with one attached hydrogen (secondary N) is 2. The zero-order chi connectivity index (χ0) is 19.8. The van der Waals surface area contributed by atoms with Gasteiger partial charge in [-0.2, -0.15) is 0 Å². The molecule has 0 spiro atoms. The normalized spacial score (nSPS) is 10.0. The number of amides is 3. The number of ether oxygens (including phenoxy) is 1. The number of anilines is 1. The first-order chi connectivity index (χ1) is 12.9. The van der Waals surface area contributed by atoms with Crippen molar-refractivity contribution in [3.63, 3.8) is 0 Å². The van der Waals surface area contributed by atoms with Crippen molar-refractivity contribution in [3.8, 4) is 5.75 Å². The molecule has 0 fully saturated rings. The zero-order valence-corrected chi connectivity index (χ0v) is 15.6. The number of nitrogens with zero attached hydrogens (tertiary/aromatic N) is 1. The summed E-state index contributed by atoms with van der Waals surface area (Å²) in [4.78, 5) is 36.9. The third-order valence-corrected chi connectivity index (χ3v) is 3.82. The van der Waals surface area contributed by atoms with Gasteiger partial charge in [-0.25, -0.2) is 0 Å². The monoisotopic (exact) mass is 369 g/mol. The van der Waals surface area contributed by atoms with Gasteiger partial charge in [-0.1, -0.05) is 18.2 Å². The van der Waals surface area contributed by atoms with Crippen LogP contribution in [-0.2, 0) is 16.1 Å². The third-order valence-electron chi connectivity index (χ3n) is 3.82. The molecule has 0 unspecified atom stereocenters. The summed E-state index contributed by atoms with van der Waals surface area (Å²) >= 11 is 0. The summed E-state index contributed by atoms with van der Waals surface area (Å²) in [6.07, 6.45) is 0. The van der Waals surface area contributed by atoms with Gasteiger partial charge in [0.25, 0.3) is 5.91 Å². The van der Waals surface area contributed by atoms with Gasteiger partial charge in [0.05, 0.1) is 13.7 Å². The van der Waals surface area contributed by atoms with Gasteiger partial charge >= 0.3 is 0 Å². The minimum absolute atomic E-state index is 0.0797. The standard InChI is InChI=1S/C20H23N3O4/c1-14(24)21-12-15-7-9-16(10-8-15)20(26)23(2)13-19(25)22-17-5-4-6-18(11-17)27-3/h4-11H,12-13H2,1-3H3,(H,21,24)(H,22,25). The van der Waals surface area contributed by atoms with Crippen LogP contribution < -0.4 is 15.4 Å². The Morgan fingerprint density at radius 1 is 1.07 bits per heavy atom. The van der Waals surface area contributed by atoms with Crippen LogP contribution in [0.15, 0.2) is 48.5 Å². The summed E-state index contributed by atoms with van der Waals surface area (Å²) in [7, 11) is 3.12. The topological polar surface area (TPSA) is 87.7 Å². The van der Waals surface area contributed by atoms with E-state index < -0.39 is 0 Å². The molecule has 2 aromatic rings. The van der Waals surface area contributed by atoms with E-state index in [2.05, 4.69) is 10.6 Å². The average Bonchev–Trinajstić information content (AvgIpc) is 2.66. The van der Waals surface area contributed by atoms with Crippen molar-refractivity contribution in [1.82, 2.24) is 10.2 Å². The van der Waals surface area contributed by atoms with Gasteiger partial charge in [-0.15, -0.1) is 0 Å². The minimum Gasteiger partial charge on any atom is -0.497 e. The molecule has 142 valence electrons. The van der Waals surface area contributed by atoms with Crippen molar-refractivity contribution in [1.29, 1.82) is 0 Å². The number of likely N-dealkylation sites (N-methyl/N-ethyl adjacent to an activating group) is 1. The first-order valence-corrected chi connectivity index (χ1v) is 8.42. The van der Waals surface area contributed by atoms with Crippen LogP contribution >= 0.6 is 0 Å². The molecule has 2 rings (SSSR count). The van der Waals surface area contributed by atoms with E-state index in [-0.39, 0.29) is 24.3 Å². The predicted octanol–water partition coefficient (Wildman–Crippen LogP) is 2.04. The molecule has 7 heteroatoms. The van der Waals surface area contributed by atoms with E-state index in [4.69, 9.17) is 4.74 Å². The molecule has 0 radical (unpaired) electrons. The SMILES string of the molecule is COc1cccc(NC(=O)CN(C)C(=O)c2ccc(CNC(C)=O)cc2)c1. The number of carbonyl (C=O) groups excluding carboxylic acids is 3. The van der Waals surface area contributed by atoms with Gasteiger partial charge in [0, 0.05) is 37.8 Å². The molecule has 0 aliphatic rings. The summed E-state index contributed by atoms with van der Waals surface area (Å²) in [6.45, 7) is 1.77. The first kappa shape index (κ1) is 20.0. The number of rotatable bonds is 7. The van der Waals surface area contributed by atoms with E-state index in [0.29, 0.717) is 23.5 Å². The Labute approximate surface area is 158 Å². The van der Waals surface area contributed by atoms with E-state index in [1.807, 2.05) is 0 Å². The summed E-state index contributed by atoms with van der Waals surface area (Å²) in [5, 5.41) is 5.43. The molecule has 0 saturated carbocycles.